The molecule has 0 aliphatic heterocycles. The highest BCUT2D eigenvalue weighted by Gasteiger charge is 2.41. The highest BCUT2D eigenvalue weighted by atomic mass is 29.6. The number of hydrogen-bond donors (Lipinski definition) is 0. The van der Waals surface area contributed by atoms with Gasteiger partial charge in [-0.25, -0.2) is 0 Å². The first kappa shape index (κ1) is 41.6. The summed E-state index contributed by atoms with van der Waals surface area (Å²) < 4.78 is 6.11. The van der Waals surface area contributed by atoms with Crippen LogP contribution >= 0.6 is 0 Å². The summed E-state index contributed by atoms with van der Waals surface area (Å²) in [7, 11) is -2.62. The predicted molar refractivity (Wildman–Crippen MR) is 252 cm³/mol. The molecule has 0 saturated carbocycles. The van der Waals surface area contributed by atoms with Gasteiger partial charge in [0, 0.05) is 31.8 Å². The fraction of sp³-hybridized carbons (Fsp3) is 0.451. The van der Waals surface area contributed by atoms with Crippen molar-refractivity contribution in [2.45, 2.75) is 142 Å². The average molecular weight is 783 g/mol. The molecule has 4 aromatic rings. The number of ether oxygens (including phenoxy) is 1. The van der Waals surface area contributed by atoms with Crippen LogP contribution in [0.15, 0.2) is 84.9 Å². The normalized spacial score (nSPS) is 18.5. The van der Waals surface area contributed by atoms with Crippen molar-refractivity contribution in [3.05, 3.63) is 141 Å². The summed E-state index contributed by atoms with van der Waals surface area (Å²) in [5, 5.41) is 0. The third-order valence-electron chi connectivity index (χ3n) is 12.5. The topological polar surface area (TPSA) is 9.23 Å². The van der Waals surface area contributed by atoms with E-state index in [1.54, 1.807) is 22.3 Å². The number of rotatable bonds is 13. The molecule has 2 aliphatic carbocycles. The van der Waals surface area contributed by atoms with Crippen LogP contribution < -0.4 is 0 Å². The molecule has 0 bridgehead atoms. The third-order valence-corrected chi connectivity index (χ3v) is 34.3. The Morgan fingerprint density at radius 2 is 1.00 bits per heavy atom. The number of fused-ring (bicyclic) bond motifs is 2. The van der Waals surface area contributed by atoms with E-state index < -0.39 is 25.2 Å². The lowest BCUT2D eigenvalue weighted by atomic mass is 9.84. The van der Waals surface area contributed by atoms with Gasteiger partial charge >= 0.3 is 0 Å². The van der Waals surface area contributed by atoms with Gasteiger partial charge in [-0.1, -0.05) is 170 Å². The number of benzene rings is 4. The van der Waals surface area contributed by atoms with Crippen molar-refractivity contribution in [3.8, 4) is 0 Å². The fourth-order valence-corrected chi connectivity index (χ4v) is 33.8. The largest absolute Gasteiger partial charge is 0.376 e. The van der Waals surface area contributed by atoms with Crippen LogP contribution in [0.5, 0.6) is 0 Å². The predicted octanol–water partition coefficient (Wildman–Crippen LogP) is 12.6. The zero-order chi connectivity index (χ0) is 39.8. The zero-order valence-electron chi connectivity index (χ0n) is 36.5. The van der Waals surface area contributed by atoms with Crippen LogP contribution in [0.2, 0.25) is 12.6 Å². The molecule has 292 valence electrons. The van der Waals surface area contributed by atoms with E-state index in [1.165, 1.54) is 76.2 Å². The molecule has 4 heteroatoms. The van der Waals surface area contributed by atoms with Crippen molar-refractivity contribution in [3.63, 3.8) is 0 Å². The molecule has 6 rings (SSSR count). The maximum Gasteiger partial charge on any atom is 0.0598 e. The summed E-state index contributed by atoms with van der Waals surface area (Å²) in [6.45, 7) is 29.1. The van der Waals surface area contributed by atoms with Gasteiger partial charge in [0.1, 0.15) is 0 Å². The fourth-order valence-electron chi connectivity index (χ4n) is 9.33. The third kappa shape index (κ3) is 9.93. The van der Waals surface area contributed by atoms with Gasteiger partial charge in [-0.3, -0.25) is 0 Å². The Kier molecular flexibility index (Phi) is 12.4. The molecule has 0 saturated heterocycles. The molecule has 2 atom stereocenters. The lowest BCUT2D eigenvalue weighted by molar-refractivity contribution is -0.00471. The van der Waals surface area contributed by atoms with Gasteiger partial charge in [-0.2, -0.15) is 0 Å². The minimum Gasteiger partial charge on any atom is -0.376 e. The number of allylic oxidation sites excluding steroid dienone is 2. The van der Waals surface area contributed by atoms with Crippen molar-refractivity contribution in [1.29, 1.82) is 0 Å². The summed E-state index contributed by atoms with van der Waals surface area (Å²) in [5.41, 5.74) is 19.6. The molecular formula is C51H70OSi3. The second-order valence-corrected chi connectivity index (χ2v) is 42.7. The molecule has 1 nitrogen and oxygen atoms in total. The summed E-state index contributed by atoms with van der Waals surface area (Å²) in [6.07, 6.45) is 10.3. The Hall–Kier alpha value is -3.03. The lowest BCUT2D eigenvalue weighted by Crippen LogP contribution is -2.50. The molecule has 0 amide bonds. The Balaban J connectivity index is 1.36. The van der Waals surface area contributed by atoms with E-state index in [1.807, 2.05) is 0 Å². The zero-order valence-corrected chi connectivity index (χ0v) is 40.3. The van der Waals surface area contributed by atoms with E-state index in [0.29, 0.717) is 11.1 Å². The second-order valence-electron chi connectivity index (χ2n) is 20.5. The molecule has 0 fully saturated rings. The van der Waals surface area contributed by atoms with Crippen molar-refractivity contribution in [2.75, 3.05) is 6.61 Å². The van der Waals surface area contributed by atoms with Crippen molar-refractivity contribution < 1.29 is 4.74 Å². The summed E-state index contributed by atoms with van der Waals surface area (Å²) >= 11 is 0. The standard InChI is InChI=1S/C51H70OSi3/c1-35-31-39(49(3,4)5)25-27-41(35)45-33-37-21-15-17-23-43(37)47(45)53-55(12,30-20-14-13-19-29-52-51(9,10)11)54-48-44-24-18-16-22-38(44)34-46(48)42-28-26-40(32-36(42)2)50(6,7)8/h15-18,21-28,31-34,47-48H,13-14,19-20,29-30,53-54H2,1-12H3. The molecule has 55 heavy (non-hydrogen) atoms. The van der Waals surface area contributed by atoms with Crippen molar-refractivity contribution >= 4 is 48.5 Å². The number of unbranched alkanes of at least 4 members (excludes halogenated alkanes) is 3. The summed E-state index contributed by atoms with van der Waals surface area (Å²) in [4.78, 5) is 0. The Labute approximate surface area is 340 Å². The maximum absolute atomic E-state index is 6.11. The van der Waals surface area contributed by atoms with Gasteiger partial charge in [-0.15, -0.1) is 0 Å². The molecule has 0 aromatic heterocycles. The highest BCUT2D eigenvalue weighted by molar-refractivity contribution is 7.50. The smallest absolute Gasteiger partial charge is 0.0598 e. The molecular weight excluding hydrogens is 713 g/mol. The minimum absolute atomic E-state index is 0.0505. The van der Waals surface area contributed by atoms with E-state index >= 15 is 0 Å². The van der Waals surface area contributed by atoms with E-state index in [2.05, 4.69) is 180 Å². The monoisotopic (exact) mass is 782 g/mol. The van der Waals surface area contributed by atoms with Gasteiger partial charge < -0.3 is 4.74 Å². The van der Waals surface area contributed by atoms with Crippen LogP contribution in [0, 0.1) is 13.8 Å². The first-order chi connectivity index (χ1) is 25.8. The van der Waals surface area contributed by atoms with Crippen LogP contribution in [0.3, 0.4) is 0 Å². The Morgan fingerprint density at radius 1 is 0.564 bits per heavy atom. The van der Waals surface area contributed by atoms with Gasteiger partial charge in [0.2, 0.25) is 0 Å². The second kappa shape index (κ2) is 16.4. The lowest BCUT2D eigenvalue weighted by Gasteiger charge is -2.35. The van der Waals surface area contributed by atoms with Crippen LogP contribution in [-0.4, -0.2) is 37.4 Å². The van der Waals surface area contributed by atoms with Crippen LogP contribution in [-0.2, 0) is 15.6 Å². The minimum atomic E-state index is -1.62. The molecule has 0 spiro atoms. The Morgan fingerprint density at radius 3 is 1.42 bits per heavy atom. The first-order valence-electron chi connectivity index (χ1n) is 21.3. The molecule has 0 radical (unpaired) electrons. The van der Waals surface area contributed by atoms with Gasteiger partial charge in [0.15, 0.2) is 0 Å². The first-order valence-corrected chi connectivity index (χ1v) is 30.3. The molecule has 2 unspecified atom stereocenters. The molecule has 0 N–H and O–H groups in total. The van der Waals surface area contributed by atoms with Gasteiger partial charge in [-0.05, 0) is 130 Å². The summed E-state index contributed by atoms with van der Waals surface area (Å²) in [5.74, 6) is 0. The SMILES string of the molecule is Cc1cc(C(C)(C)C)ccc1C1=Cc2ccccc2C1[SiH2][Si](C)(CCCCCCOC(C)(C)C)[SiH2]C1C(c2ccc(C(C)(C)C)cc2C)=Cc2ccccc21. The van der Waals surface area contributed by atoms with E-state index in [9.17, 15) is 0 Å². The number of aryl methyl sites for hydroxylation is 2. The average Bonchev–Trinajstić information content (AvgIpc) is 3.64. The maximum atomic E-state index is 6.11. The summed E-state index contributed by atoms with van der Waals surface area (Å²) in [6, 6.07) is 35.1. The van der Waals surface area contributed by atoms with E-state index in [4.69, 9.17) is 4.74 Å². The van der Waals surface area contributed by atoms with E-state index in [-0.39, 0.29) is 16.4 Å². The van der Waals surface area contributed by atoms with Crippen LogP contribution in [0.4, 0.5) is 0 Å². The Bertz CT molecular complexity index is 1920. The van der Waals surface area contributed by atoms with Crippen molar-refractivity contribution in [1.82, 2.24) is 0 Å². The van der Waals surface area contributed by atoms with Crippen molar-refractivity contribution in [2.24, 2.45) is 0 Å². The number of hydrogen-bond acceptors (Lipinski definition) is 1. The van der Waals surface area contributed by atoms with Gasteiger partial charge in [0.25, 0.3) is 0 Å². The quantitative estimate of drug-likeness (QED) is 0.0969. The van der Waals surface area contributed by atoms with Gasteiger partial charge in [0.05, 0.1) is 5.60 Å². The van der Waals surface area contributed by atoms with Crippen LogP contribution in [0.25, 0.3) is 23.3 Å². The highest BCUT2D eigenvalue weighted by Crippen LogP contribution is 2.47. The van der Waals surface area contributed by atoms with Crippen LogP contribution in [0.1, 0.15) is 155 Å². The molecule has 0 heterocycles. The molecule has 4 aromatic carbocycles. The molecule has 2 aliphatic rings. The van der Waals surface area contributed by atoms with E-state index in [0.717, 1.165) is 6.61 Å².